The number of nitrogens with one attached hydrogen (secondary N) is 1. The second-order valence-corrected chi connectivity index (χ2v) is 6.20. The van der Waals surface area contributed by atoms with Gasteiger partial charge in [0.1, 0.15) is 0 Å². The number of likely N-dealkylation sites (tertiary alicyclic amines) is 1. The Morgan fingerprint density at radius 1 is 1.19 bits per heavy atom. The number of carbonyl (C=O) groups excluding carboxylic acids is 1. The van der Waals surface area contributed by atoms with E-state index in [1.807, 2.05) is 0 Å². The zero-order chi connectivity index (χ0) is 14.9. The number of amides is 2. The molecule has 0 saturated carbocycles. The molecule has 1 atom stereocenters. The third-order valence-electron chi connectivity index (χ3n) is 4.52. The maximum absolute atomic E-state index is 12.4. The zero-order valence-corrected chi connectivity index (χ0v) is 13.5. The van der Waals surface area contributed by atoms with Crippen LogP contribution in [0.4, 0.5) is 4.79 Å². The molecule has 0 unspecified atom stereocenters. The maximum atomic E-state index is 12.4. The molecule has 2 amide bonds. The number of rotatable bonds is 6. The standard InChI is InChI=1S/C16H31N3O2/c1-2-3-5-8-17-16(20)19-9-6-4-7-15(19)14-18-10-12-21-13-11-18/h15H,2-14H2,1H3,(H,17,20)/t15-/m0/s1. The van der Waals surface area contributed by atoms with E-state index in [-0.39, 0.29) is 6.03 Å². The van der Waals surface area contributed by atoms with E-state index in [1.165, 1.54) is 19.3 Å². The lowest BCUT2D eigenvalue weighted by Gasteiger charge is -2.39. The van der Waals surface area contributed by atoms with E-state index in [9.17, 15) is 4.79 Å². The minimum Gasteiger partial charge on any atom is -0.379 e. The van der Waals surface area contributed by atoms with Crippen molar-refractivity contribution in [3.05, 3.63) is 0 Å². The lowest BCUT2D eigenvalue weighted by Crippen LogP contribution is -2.54. The molecule has 0 aliphatic carbocycles. The van der Waals surface area contributed by atoms with Crippen LogP contribution in [0, 0.1) is 0 Å². The Kier molecular flexibility index (Phi) is 7.30. The molecule has 2 aliphatic heterocycles. The largest absolute Gasteiger partial charge is 0.379 e. The van der Waals surface area contributed by atoms with Crippen LogP contribution in [0.5, 0.6) is 0 Å². The highest BCUT2D eigenvalue weighted by Gasteiger charge is 2.28. The molecule has 0 aromatic rings. The molecule has 0 aromatic heterocycles. The molecule has 122 valence electrons. The second-order valence-electron chi connectivity index (χ2n) is 6.20. The first-order valence-corrected chi connectivity index (χ1v) is 8.66. The number of carbonyl (C=O) groups is 1. The summed E-state index contributed by atoms with van der Waals surface area (Å²) in [7, 11) is 0. The van der Waals surface area contributed by atoms with Crippen LogP contribution >= 0.6 is 0 Å². The summed E-state index contributed by atoms with van der Waals surface area (Å²) in [6.07, 6.45) is 7.00. The van der Waals surface area contributed by atoms with Crippen molar-refractivity contribution in [2.75, 3.05) is 45.9 Å². The maximum Gasteiger partial charge on any atom is 0.317 e. The minimum absolute atomic E-state index is 0.143. The van der Waals surface area contributed by atoms with Gasteiger partial charge in [0, 0.05) is 38.8 Å². The van der Waals surface area contributed by atoms with Gasteiger partial charge < -0.3 is 15.0 Å². The van der Waals surface area contributed by atoms with Crippen LogP contribution in [-0.2, 0) is 4.74 Å². The van der Waals surface area contributed by atoms with Crippen LogP contribution in [-0.4, -0.2) is 67.8 Å². The number of urea groups is 1. The van der Waals surface area contributed by atoms with Crippen molar-refractivity contribution in [3.63, 3.8) is 0 Å². The van der Waals surface area contributed by atoms with Crippen LogP contribution in [0.1, 0.15) is 45.4 Å². The van der Waals surface area contributed by atoms with Crippen LogP contribution in [0.15, 0.2) is 0 Å². The fourth-order valence-electron chi connectivity index (χ4n) is 3.21. The summed E-state index contributed by atoms with van der Waals surface area (Å²) >= 11 is 0. The van der Waals surface area contributed by atoms with Crippen molar-refractivity contribution in [1.29, 1.82) is 0 Å². The number of unbranched alkanes of at least 4 members (excludes halogenated alkanes) is 2. The molecule has 2 saturated heterocycles. The van der Waals surface area contributed by atoms with E-state index in [2.05, 4.69) is 22.0 Å². The highest BCUT2D eigenvalue weighted by molar-refractivity contribution is 5.74. The van der Waals surface area contributed by atoms with Crippen LogP contribution in [0.3, 0.4) is 0 Å². The second kappa shape index (κ2) is 9.26. The Bertz CT molecular complexity index is 306. The summed E-state index contributed by atoms with van der Waals surface area (Å²) < 4.78 is 5.40. The fraction of sp³-hybridized carbons (Fsp3) is 0.938. The Hall–Kier alpha value is -0.810. The van der Waals surface area contributed by atoms with Crippen molar-refractivity contribution >= 4 is 6.03 Å². The Balaban J connectivity index is 1.78. The van der Waals surface area contributed by atoms with Crippen molar-refractivity contribution in [2.45, 2.75) is 51.5 Å². The molecule has 5 heteroatoms. The van der Waals surface area contributed by atoms with Crippen molar-refractivity contribution < 1.29 is 9.53 Å². The first kappa shape index (κ1) is 16.6. The van der Waals surface area contributed by atoms with Gasteiger partial charge in [-0.1, -0.05) is 19.8 Å². The van der Waals surface area contributed by atoms with Gasteiger partial charge in [0.05, 0.1) is 13.2 Å². The van der Waals surface area contributed by atoms with Gasteiger partial charge in [-0.15, -0.1) is 0 Å². The first-order valence-electron chi connectivity index (χ1n) is 8.66. The number of hydrogen-bond donors (Lipinski definition) is 1. The smallest absolute Gasteiger partial charge is 0.317 e. The monoisotopic (exact) mass is 297 g/mol. The number of ether oxygens (including phenoxy) is 1. The van der Waals surface area contributed by atoms with Crippen LogP contribution < -0.4 is 5.32 Å². The minimum atomic E-state index is 0.143. The fourth-order valence-corrected chi connectivity index (χ4v) is 3.21. The normalized spacial score (nSPS) is 24.0. The number of hydrogen-bond acceptors (Lipinski definition) is 3. The summed E-state index contributed by atoms with van der Waals surface area (Å²) in [5.41, 5.74) is 0. The van der Waals surface area contributed by atoms with E-state index in [0.717, 1.165) is 65.2 Å². The predicted molar refractivity (Wildman–Crippen MR) is 84.5 cm³/mol. The quantitative estimate of drug-likeness (QED) is 0.763. The van der Waals surface area contributed by atoms with Gasteiger partial charge in [0.25, 0.3) is 0 Å². The van der Waals surface area contributed by atoms with Crippen molar-refractivity contribution in [1.82, 2.24) is 15.1 Å². The average Bonchev–Trinajstić information content (AvgIpc) is 2.53. The predicted octanol–water partition coefficient (Wildman–Crippen LogP) is 2.07. The molecule has 21 heavy (non-hydrogen) atoms. The molecule has 2 rings (SSSR count). The molecule has 1 N–H and O–H groups in total. The van der Waals surface area contributed by atoms with E-state index >= 15 is 0 Å². The highest BCUT2D eigenvalue weighted by atomic mass is 16.5. The van der Waals surface area contributed by atoms with E-state index < -0.39 is 0 Å². The van der Waals surface area contributed by atoms with E-state index in [1.54, 1.807) is 0 Å². The molecule has 0 bridgehead atoms. The van der Waals surface area contributed by atoms with Gasteiger partial charge in [-0.25, -0.2) is 4.79 Å². The third-order valence-corrected chi connectivity index (χ3v) is 4.52. The van der Waals surface area contributed by atoms with Gasteiger partial charge in [0.15, 0.2) is 0 Å². The molecule has 5 nitrogen and oxygen atoms in total. The number of nitrogens with zero attached hydrogens (tertiary/aromatic N) is 2. The Labute approximate surface area is 129 Å². The summed E-state index contributed by atoms with van der Waals surface area (Å²) in [4.78, 5) is 16.9. The molecular formula is C16H31N3O2. The number of morpholine rings is 1. The lowest BCUT2D eigenvalue weighted by molar-refractivity contribution is 0.0221. The zero-order valence-electron chi connectivity index (χ0n) is 13.5. The van der Waals surface area contributed by atoms with Gasteiger partial charge in [-0.3, -0.25) is 4.90 Å². The SMILES string of the molecule is CCCCCNC(=O)N1CCCC[C@H]1CN1CCOCC1. The third kappa shape index (κ3) is 5.47. The molecule has 2 fully saturated rings. The summed E-state index contributed by atoms with van der Waals surface area (Å²) in [6.45, 7) is 8.58. The molecule has 2 heterocycles. The molecule has 0 spiro atoms. The van der Waals surface area contributed by atoms with Crippen molar-refractivity contribution in [3.8, 4) is 0 Å². The lowest BCUT2D eigenvalue weighted by atomic mass is 10.0. The van der Waals surface area contributed by atoms with Crippen LogP contribution in [0.25, 0.3) is 0 Å². The Morgan fingerprint density at radius 2 is 2.00 bits per heavy atom. The van der Waals surface area contributed by atoms with Crippen molar-refractivity contribution in [2.24, 2.45) is 0 Å². The van der Waals surface area contributed by atoms with Gasteiger partial charge in [-0.2, -0.15) is 0 Å². The molecule has 0 aromatic carbocycles. The van der Waals surface area contributed by atoms with Gasteiger partial charge >= 0.3 is 6.03 Å². The average molecular weight is 297 g/mol. The van der Waals surface area contributed by atoms with Gasteiger partial charge in [-0.05, 0) is 25.7 Å². The van der Waals surface area contributed by atoms with E-state index in [0.29, 0.717) is 6.04 Å². The topological polar surface area (TPSA) is 44.8 Å². The Morgan fingerprint density at radius 3 is 2.76 bits per heavy atom. The molecule has 0 radical (unpaired) electrons. The van der Waals surface area contributed by atoms with E-state index in [4.69, 9.17) is 4.74 Å². The highest BCUT2D eigenvalue weighted by Crippen LogP contribution is 2.18. The summed E-state index contributed by atoms with van der Waals surface area (Å²) in [5.74, 6) is 0. The van der Waals surface area contributed by atoms with Crippen LogP contribution in [0.2, 0.25) is 0 Å². The molecular weight excluding hydrogens is 266 g/mol. The summed E-state index contributed by atoms with van der Waals surface area (Å²) in [5, 5.41) is 3.10. The molecule has 2 aliphatic rings. The number of piperidine rings is 1. The summed E-state index contributed by atoms with van der Waals surface area (Å²) in [6, 6.07) is 0.520. The first-order chi connectivity index (χ1) is 10.3. The van der Waals surface area contributed by atoms with Gasteiger partial charge in [0.2, 0.25) is 0 Å².